The highest BCUT2D eigenvalue weighted by Gasteiger charge is 2.44. The predicted octanol–water partition coefficient (Wildman–Crippen LogP) is 6.00. The van der Waals surface area contributed by atoms with Gasteiger partial charge in [0.1, 0.15) is 11.1 Å². The minimum absolute atomic E-state index is 0.0242. The van der Waals surface area contributed by atoms with Crippen molar-refractivity contribution in [2.75, 3.05) is 0 Å². The second kappa shape index (κ2) is 10.5. The summed E-state index contributed by atoms with van der Waals surface area (Å²) in [5, 5.41) is 19.1. The molecule has 2 heterocycles. The van der Waals surface area contributed by atoms with Crippen LogP contribution in [-0.2, 0) is 4.74 Å². The van der Waals surface area contributed by atoms with E-state index < -0.39 is 18.4 Å². The number of allylic oxidation sites excluding steroid dienone is 6. The van der Waals surface area contributed by atoms with Gasteiger partial charge in [-0.05, 0) is 75.5 Å². The number of halogens is 4. The zero-order chi connectivity index (χ0) is 25.6. The third-order valence-corrected chi connectivity index (χ3v) is 9.59. The van der Waals surface area contributed by atoms with Gasteiger partial charge in [-0.3, -0.25) is 4.90 Å². The first-order chi connectivity index (χ1) is 17.1. The van der Waals surface area contributed by atoms with Gasteiger partial charge in [0, 0.05) is 30.0 Å². The maximum Gasteiger partial charge on any atom is 0.391 e. The molecule has 36 heavy (non-hydrogen) atoms. The SMILES string of the molecule is C[C@@H](C1=CC2=CC=C(OC3CCC(C(F)(F)F)CC3)C(Cl)C2C=C1)N1C2CCCC1CC(C(O)O)C2. The highest BCUT2D eigenvalue weighted by molar-refractivity contribution is 6.23. The van der Waals surface area contributed by atoms with Crippen molar-refractivity contribution in [3.8, 4) is 0 Å². The average Bonchev–Trinajstić information content (AvgIpc) is 2.84. The highest BCUT2D eigenvalue weighted by atomic mass is 35.5. The maximum atomic E-state index is 13.0. The van der Waals surface area contributed by atoms with Crippen LogP contribution in [-0.4, -0.2) is 57.2 Å². The molecule has 0 spiro atoms. The summed E-state index contributed by atoms with van der Waals surface area (Å²) in [6.45, 7) is 2.24. The highest BCUT2D eigenvalue weighted by Crippen LogP contribution is 2.44. The largest absolute Gasteiger partial charge is 0.493 e. The minimum Gasteiger partial charge on any atom is -0.493 e. The molecule has 5 atom stereocenters. The molecular formula is C28H37ClF3NO3. The minimum atomic E-state index is -4.12. The standard InChI is InChI=1S/C28H37ClF3NO3/c1-16(33-21-3-2-4-22(33)15-19(14-21)27(34)35)17-5-11-24-18(13-17)6-12-25(26(24)29)36-23-9-7-20(8-10-23)28(30,31)32/h5-6,11-13,16,19-24,26-27,34-35H,2-4,7-10,14-15H2,1H3/t16-,19?,20?,21?,22?,23?,24?,26?/m0/s1. The van der Waals surface area contributed by atoms with E-state index in [1.54, 1.807) is 0 Å². The van der Waals surface area contributed by atoms with Gasteiger partial charge in [-0.15, -0.1) is 11.6 Å². The van der Waals surface area contributed by atoms with Gasteiger partial charge in [0.25, 0.3) is 0 Å². The van der Waals surface area contributed by atoms with Crippen molar-refractivity contribution in [3.63, 3.8) is 0 Å². The molecule has 1 saturated carbocycles. The van der Waals surface area contributed by atoms with E-state index in [1.807, 2.05) is 12.2 Å². The van der Waals surface area contributed by atoms with Gasteiger partial charge >= 0.3 is 6.18 Å². The van der Waals surface area contributed by atoms with Crippen LogP contribution in [0.5, 0.6) is 0 Å². The molecule has 4 nitrogen and oxygen atoms in total. The van der Waals surface area contributed by atoms with Crippen LogP contribution in [0, 0.1) is 17.8 Å². The molecule has 0 radical (unpaired) electrons. The van der Waals surface area contributed by atoms with Crippen LogP contribution in [0.15, 0.2) is 47.3 Å². The molecule has 0 aromatic heterocycles. The van der Waals surface area contributed by atoms with Crippen molar-refractivity contribution in [1.82, 2.24) is 4.90 Å². The van der Waals surface area contributed by atoms with E-state index in [0.29, 0.717) is 30.7 Å². The van der Waals surface area contributed by atoms with Gasteiger partial charge in [0.15, 0.2) is 6.29 Å². The summed E-state index contributed by atoms with van der Waals surface area (Å²) in [4.78, 5) is 2.59. The molecule has 4 unspecified atom stereocenters. The van der Waals surface area contributed by atoms with Crippen LogP contribution in [0.3, 0.4) is 0 Å². The smallest absolute Gasteiger partial charge is 0.391 e. The fraction of sp³-hybridized carbons (Fsp3) is 0.714. The summed E-state index contributed by atoms with van der Waals surface area (Å²) in [6.07, 6.45) is 10.9. The number of hydrogen-bond acceptors (Lipinski definition) is 4. The van der Waals surface area contributed by atoms with Crippen molar-refractivity contribution >= 4 is 11.6 Å². The molecule has 0 amide bonds. The van der Waals surface area contributed by atoms with Crippen molar-refractivity contribution in [2.24, 2.45) is 17.8 Å². The fourth-order valence-electron chi connectivity index (χ4n) is 7.11. The third-order valence-electron chi connectivity index (χ3n) is 9.10. The molecule has 3 fully saturated rings. The van der Waals surface area contributed by atoms with Gasteiger partial charge in [0.2, 0.25) is 0 Å². The van der Waals surface area contributed by atoms with E-state index in [9.17, 15) is 23.4 Å². The Balaban J connectivity index is 1.25. The maximum absolute atomic E-state index is 13.0. The Morgan fingerprint density at radius 3 is 2.31 bits per heavy atom. The number of rotatable bonds is 5. The molecule has 8 heteroatoms. The lowest BCUT2D eigenvalue weighted by atomic mass is 9.76. The summed E-state index contributed by atoms with van der Waals surface area (Å²) in [5.41, 5.74) is 2.35. The zero-order valence-electron chi connectivity index (χ0n) is 20.7. The predicted molar refractivity (Wildman–Crippen MR) is 133 cm³/mol. The van der Waals surface area contributed by atoms with Gasteiger partial charge in [-0.25, -0.2) is 0 Å². The number of fused-ring (bicyclic) bond motifs is 3. The number of piperidine rings is 2. The van der Waals surface area contributed by atoms with Gasteiger partial charge in [0.05, 0.1) is 12.0 Å². The summed E-state index contributed by atoms with van der Waals surface area (Å²) >= 11 is 6.82. The van der Waals surface area contributed by atoms with Crippen LogP contribution >= 0.6 is 11.6 Å². The molecule has 5 rings (SSSR count). The van der Waals surface area contributed by atoms with E-state index >= 15 is 0 Å². The van der Waals surface area contributed by atoms with Gasteiger partial charge in [-0.1, -0.05) is 30.7 Å². The first kappa shape index (κ1) is 26.3. The quantitative estimate of drug-likeness (QED) is 0.340. The second-order valence-corrected chi connectivity index (χ2v) is 11.8. The zero-order valence-corrected chi connectivity index (χ0v) is 21.5. The van der Waals surface area contributed by atoms with E-state index in [1.165, 1.54) is 12.0 Å². The van der Waals surface area contributed by atoms with Crippen molar-refractivity contribution in [2.45, 2.75) is 107 Å². The van der Waals surface area contributed by atoms with Crippen LogP contribution < -0.4 is 0 Å². The van der Waals surface area contributed by atoms with Crippen LogP contribution in [0.2, 0.25) is 0 Å². The van der Waals surface area contributed by atoms with Gasteiger partial charge in [-0.2, -0.15) is 13.2 Å². The topological polar surface area (TPSA) is 52.9 Å². The fourth-order valence-corrected chi connectivity index (χ4v) is 7.46. The number of aliphatic hydroxyl groups is 2. The number of nitrogens with zero attached hydrogens (tertiary/aromatic N) is 1. The lowest BCUT2D eigenvalue weighted by Crippen LogP contribution is -2.57. The van der Waals surface area contributed by atoms with Crippen molar-refractivity contribution in [1.29, 1.82) is 0 Å². The Labute approximate surface area is 216 Å². The normalized spacial score (nSPS) is 38.1. The van der Waals surface area contributed by atoms with Crippen molar-refractivity contribution < 1.29 is 28.1 Å². The molecule has 2 saturated heterocycles. The molecule has 200 valence electrons. The average molecular weight is 528 g/mol. The number of aliphatic hydroxyl groups excluding tert-OH is 1. The summed E-state index contributed by atoms with van der Waals surface area (Å²) in [7, 11) is 0. The van der Waals surface area contributed by atoms with E-state index in [-0.39, 0.29) is 42.2 Å². The lowest BCUT2D eigenvalue weighted by Gasteiger charge is -2.52. The first-order valence-electron chi connectivity index (χ1n) is 13.4. The molecule has 2 aliphatic heterocycles. The summed E-state index contributed by atoms with van der Waals surface area (Å²) in [5.74, 6) is -0.644. The summed E-state index contributed by atoms with van der Waals surface area (Å²) in [6, 6.07) is 0.939. The van der Waals surface area contributed by atoms with E-state index in [0.717, 1.165) is 31.3 Å². The number of ether oxygens (including phenoxy) is 1. The monoisotopic (exact) mass is 527 g/mol. The Morgan fingerprint density at radius 1 is 1.03 bits per heavy atom. The van der Waals surface area contributed by atoms with E-state index in [4.69, 9.17) is 16.3 Å². The third kappa shape index (κ3) is 5.31. The Kier molecular flexibility index (Phi) is 7.66. The molecule has 2 bridgehead atoms. The first-order valence-corrected chi connectivity index (χ1v) is 13.9. The molecule has 5 aliphatic rings. The van der Waals surface area contributed by atoms with Crippen LogP contribution in [0.4, 0.5) is 13.2 Å². The molecular weight excluding hydrogens is 491 g/mol. The molecule has 0 aromatic carbocycles. The summed E-state index contributed by atoms with van der Waals surface area (Å²) < 4.78 is 45.1. The Bertz CT molecular complexity index is 921. The molecule has 2 N–H and O–H groups in total. The number of hydrogen-bond donors (Lipinski definition) is 2. The Hall–Kier alpha value is -1.28. The van der Waals surface area contributed by atoms with Crippen molar-refractivity contribution in [3.05, 3.63) is 47.3 Å². The Morgan fingerprint density at radius 2 is 1.69 bits per heavy atom. The second-order valence-electron chi connectivity index (χ2n) is 11.3. The van der Waals surface area contributed by atoms with E-state index in [2.05, 4.69) is 30.1 Å². The van der Waals surface area contributed by atoms with Gasteiger partial charge < -0.3 is 14.9 Å². The molecule has 3 aliphatic carbocycles. The van der Waals surface area contributed by atoms with Crippen LogP contribution in [0.25, 0.3) is 0 Å². The van der Waals surface area contributed by atoms with Crippen LogP contribution in [0.1, 0.15) is 64.7 Å². The molecule has 0 aromatic rings. The number of alkyl halides is 4. The lowest BCUT2D eigenvalue weighted by molar-refractivity contribution is -0.186.